The van der Waals surface area contributed by atoms with Crippen LogP contribution in [-0.2, 0) is 6.54 Å². The topological polar surface area (TPSA) is 34.5 Å². The van der Waals surface area contributed by atoms with Crippen LogP contribution in [0, 0.1) is 13.1 Å². The van der Waals surface area contributed by atoms with Crippen LogP contribution in [0.3, 0.4) is 0 Å². The van der Waals surface area contributed by atoms with E-state index in [0.717, 1.165) is 13.5 Å². The first-order chi connectivity index (χ1) is 17.7. The predicted octanol–water partition coefficient (Wildman–Crippen LogP) is 8.30. The average Bonchev–Trinajstić information content (AvgIpc) is 2.87. The minimum atomic E-state index is -0.584. The molecule has 2 heterocycles. The second kappa shape index (κ2) is 18.6. The van der Waals surface area contributed by atoms with Crippen LogP contribution in [0.15, 0.2) is 86.6 Å². The van der Waals surface area contributed by atoms with Gasteiger partial charge in [-0.25, -0.2) is 18.1 Å². The van der Waals surface area contributed by atoms with Crippen molar-refractivity contribution in [1.29, 1.82) is 0 Å². The van der Waals surface area contributed by atoms with E-state index in [1.807, 2.05) is 18.2 Å². The summed E-state index contributed by atoms with van der Waals surface area (Å²) in [5.74, 6) is 0. The summed E-state index contributed by atoms with van der Waals surface area (Å²) >= 11 is 33.6. The molecule has 12 heteroatoms. The van der Waals surface area contributed by atoms with E-state index >= 15 is 0 Å². The fourth-order valence-electron chi connectivity index (χ4n) is 2.72. The zero-order valence-electron chi connectivity index (χ0n) is 20.6. The van der Waals surface area contributed by atoms with Gasteiger partial charge in [0.25, 0.3) is 6.04 Å². The van der Waals surface area contributed by atoms with Gasteiger partial charge in [-0.2, -0.15) is 0 Å². The number of rotatable bonds is 3. The molecule has 4 nitrogen and oxygen atoms in total. The smallest absolute Gasteiger partial charge is 1.00 e. The number of pyridine rings is 2. The fourth-order valence-corrected chi connectivity index (χ4v) is 4.54. The number of halogens is 7. The van der Waals surface area contributed by atoms with Crippen molar-refractivity contribution in [3.8, 4) is 0 Å². The Labute approximate surface area is 290 Å². The Morgan fingerprint density at radius 1 is 0.737 bits per heavy atom. The number of aromatic nitrogens is 2. The molecule has 1 unspecified atom stereocenters. The number of hydrogen-bond donors (Lipinski definition) is 0. The molecule has 2 aromatic heterocycles. The Morgan fingerprint density at radius 3 is 1.63 bits per heavy atom. The first-order valence-electron chi connectivity index (χ1n) is 10.1. The Kier molecular flexibility index (Phi) is 17.3. The third-order valence-corrected chi connectivity index (χ3v) is 7.20. The molecular weight excluding hydrogens is 773 g/mol. The van der Waals surface area contributed by atoms with Crippen LogP contribution < -0.4 is 29.6 Å². The van der Waals surface area contributed by atoms with Crippen LogP contribution >= 0.6 is 94.2 Å². The summed E-state index contributed by atoms with van der Waals surface area (Å²) in [6.07, 6.45) is 3.39. The molecule has 4 rings (SSSR count). The standard InChI is InChI=1S/C13H7BrCl2N2.C8H5Cl2N.C5H3Br2N.Na.H/c1-17-13(11-6-5-8(14)7-18-11)12-9(15)3-2-4-10(12)16;1-11-5-6-7(9)3-2-4-8(6)10;6-4-1-2-5(7)8-3-4;;/h2-7,13H;2-4H,5H2;1-3H;;/q;;;+1;-1. The van der Waals surface area contributed by atoms with E-state index in [0.29, 0.717) is 36.9 Å². The molecule has 4 aromatic rings. The molecule has 0 radical (unpaired) electrons. The molecule has 0 saturated heterocycles. The van der Waals surface area contributed by atoms with Gasteiger partial charge >= 0.3 is 29.6 Å². The normalized spacial score (nSPS) is 10.2. The fraction of sp³-hybridized carbons (Fsp3) is 0.0769. The molecule has 0 aliphatic carbocycles. The van der Waals surface area contributed by atoms with Crippen molar-refractivity contribution in [2.45, 2.75) is 12.6 Å². The molecule has 0 aliphatic heterocycles. The third kappa shape index (κ3) is 11.4. The maximum absolute atomic E-state index is 7.34. The van der Waals surface area contributed by atoms with Gasteiger partial charge in [0, 0.05) is 21.3 Å². The molecule has 38 heavy (non-hydrogen) atoms. The maximum Gasteiger partial charge on any atom is 1.00 e. The first kappa shape index (κ1) is 35.3. The quantitative estimate of drug-likeness (QED) is 0.119. The largest absolute Gasteiger partial charge is 1.00 e. The number of nitrogens with zero attached hydrogens (tertiary/aromatic N) is 4. The van der Waals surface area contributed by atoms with Gasteiger partial charge in [0.1, 0.15) is 10.3 Å². The van der Waals surface area contributed by atoms with Gasteiger partial charge in [-0.1, -0.05) is 58.5 Å². The maximum atomic E-state index is 7.34. The van der Waals surface area contributed by atoms with Gasteiger partial charge in [-0.15, -0.1) is 0 Å². The average molecular weight is 789 g/mol. The minimum absolute atomic E-state index is 0. The Bertz CT molecular complexity index is 1360. The zero-order valence-corrected chi connectivity index (χ0v) is 29.4. The van der Waals surface area contributed by atoms with Crippen molar-refractivity contribution in [1.82, 2.24) is 9.97 Å². The Hall–Kier alpha value is -0.680. The van der Waals surface area contributed by atoms with E-state index in [4.69, 9.17) is 59.5 Å². The molecule has 0 bridgehead atoms. The van der Waals surface area contributed by atoms with Gasteiger partial charge in [0.15, 0.2) is 0 Å². The van der Waals surface area contributed by atoms with Crippen LogP contribution in [0.2, 0.25) is 20.1 Å². The van der Waals surface area contributed by atoms with E-state index < -0.39 is 6.04 Å². The number of hydrogen-bond acceptors (Lipinski definition) is 2. The monoisotopic (exact) mass is 784 g/mol. The summed E-state index contributed by atoms with van der Waals surface area (Å²) in [5, 5.41) is 2.09. The molecule has 190 valence electrons. The number of benzene rings is 2. The van der Waals surface area contributed by atoms with Crippen LogP contribution in [0.25, 0.3) is 9.69 Å². The van der Waals surface area contributed by atoms with E-state index in [1.165, 1.54) is 0 Å². The van der Waals surface area contributed by atoms with E-state index in [2.05, 4.69) is 67.4 Å². The van der Waals surface area contributed by atoms with Crippen molar-refractivity contribution in [3.63, 3.8) is 0 Å². The van der Waals surface area contributed by atoms with Crippen molar-refractivity contribution < 1.29 is 31.0 Å². The van der Waals surface area contributed by atoms with Gasteiger partial charge in [0.2, 0.25) is 6.54 Å². The summed E-state index contributed by atoms with van der Waals surface area (Å²) in [6.45, 7) is 14.2. The van der Waals surface area contributed by atoms with Crippen LogP contribution in [0.5, 0.6) is 0 Å². The van der Waals surface area contributed by atoms with Crippen molar-refractivity contribution in [2.24, 2.45) is 0 Å². The van der Waals surface area contributed by atoms with Crippen molar-refractivity contribution >= 4 is 94.2 Å². The molecule has 0 fully saturated rings. The van der Waals surface area contributed by atoms with E-state index in [-0.39, 0.29) is 37.5 Å². The molecule has 0 spiro atoms. The summed E-state index contributed by atoms with van der Waals surface area (Å²) in [6, 6.07) is 17.3. The summed E-state index contributed by atoms with van der Waals surface area (Å²) in [5.41, 5.74) is 1.94. The molecule has 0 aliphatic rings. The van der Waals surface area contributed by atoms with E-state index in [9.17, 15) is 0 Å². The molecule has 0 amide bonds. The van der Waals surface area contributed by atoms with E-state index in [1.54, 1.807) is 54.9 Å². The summed E-state index contributed by atoms with van der Waals surface area (Å²) < 4.78 is 2.72. The molecule has 1 atom stereocenters. The summed E-state index contributed by atoms with van der Waals surface area (Å²) in [4.78, 5) is 15.0. The second-order valence-electron chi connectivity index (χ2n) is 6.88. The van der Waals surface area contributed by atoms with Gasteiger partial charge in [-0.05, 0) is 96.3 Å². The SMILES string of the molecule is Brc1ccc(Br)nc1.[C-]#[N+]C(c1ccc(Br)cn1)c1c(Cl)cccc1Cl.[C-]#[N+]Cc1c(Cl)cccc1Cl.[H-].[Na+]. The van der Waals surface area contributed by atoms with Crippen LogP contribution in [0.4, 0.5) is 0 Å². The van der Waals surface area contributed by atoms with Crippen LogP contribution in [0.1, 0.15) is 24.3 Å². The third-order valence-electron chi connectivity index (χ3n) is 4.42. The van der Waals surface area contributed by atoms with Crippen LogP contribution in [-0.4, -0.2) is 9.97 Å². The predicted molar refractivity (Wildman–Crippen MR) is 164 cm³/mol. The van der Waals surface area contributed by atoms with Crippen molar-refractivity contribution in [3.05, 3.63) is 146 Å². The van der Waals surface area contributed by atoms with Gasteiger partial charge in [0.05, 0.1) is 31.2 Å². The molecule has 0 N–H and O–H groups in total. The molecular formula is C26H16Br3Cl4N4Na. The van der Waals surface area contributed by atoms with Gasteiger partial charge < -0.3 is 11.1 Å². The van der Waals surface area contributed by atoms with Crippen molar-refractivity contribution in [2.75, 3.05) is 0 Å². The Balaban J connectivity index is 0.000000591. The van der Waals surface area contributed by atoms with Gasteiger partial charge in [-0.3, -0.25) is 4.98 Å². The minimum Gasteiger partial charge on any atom is -1.00 e. The Morgan fingerprint density at radius 2 is 1.24 bits per heavy atom. The second-order valence-corrected chi connectivity index (χ2v) is 11.2. The summed E-state index contributed by atoms with van der Waals surface area (Å²) in [7, 11) is 0. The molecule has 2 aromatic carbocycles. The first-order valence-corrected chi connectivity index (χ1v) is 14.0. The molecule has 0 saturated carbocycles. The zero-order chi connectivity index (χ0) is 27.4.